The molecule has 0 aliphatic heterocycles. The van der Waals surface area contributed by atoms with E-state index in [9.17, 15) is 13.7 Å². The molecule has 0 spiro atoms. The van der Waals surface area contributed by atoms with Crippen LogP contribution in [-0.4, -0.2) is 12.6 Å². The normalized spacial score (nSPS) is 8.29. The Balaban J connectivity index is 3.00. The van der Waals surface area contributed by atoms with Crippen molar-refractivity contribution in [1.29, 1.82) is 0 Å². The highest BCUT2D eigenvalue weighted by molar-refractivity contribution is 5.74. The van der Waals surface area contributed by atoms with Gasteiger partial charge in [-0.3, -0.25) is 9.18 Å². The molecule has 0 aliphatic rings. The summed E-state index contributed by atoms with van der Waals surface area (Å²) < 4.78 is 21.8. The van der Waals surface area contributed by atoms with Crippen LogP contribution < -0.4 is 5.54 Å². The van der Waals surface area contributed by atoms with Gasteiger partial charge < -0.3 is 0 Å². The highest BCUT2D eigenvalue weighted by atomic mass is 19.2. The maximum atomic E-state index is 11.0. The van der Waals surface area contributed by atoms with Crippen molar-refractivity contribution >= 4 is 5.91 Å². The van der Waals surface area contributed by atoms with Crippen LogP contribution in [0.4, 0.5) is 8.87 Å². The number of hydrogen-bond acceptors (Lipinski definition) is 1. The lowest BCUT2D eigenvalue weighted by molar-refractivity contribution is -0.125. The van der Waals surface area contributed by atoms with Crippen LogP contribution in [0.15, 0.2) is 0 Å². The standard InChI is InChI=1S/C3H5F2NO/c4-2-1-3(7)6-5/h1-2H2,(H,6,7). The summed E-state index contributed by atoms with van der Waals surface area (Å²) >= 11 is 0. The van der Waals surface area contributed by atoms with E-state index in [1.165, 1.54) is 0 Å². The van der Waals surface area contributed by atoms with E-state index in [1.807, 2.05) is 0 Å². The van der Waals surface area contributed by atoms with Crippen LogP contribution in [0.3, 0.4) is 0 Å². The maximum absolute atomic E-state index is 11.0. The van der Waals surface area contributed by atoms with E-state index in [2.05, 4.69) is 0 Å². The molecule has 1 amide bonds. The van der Waals surface area contributed by atoms with E-state index in [0.29, 0.717) is 0 Å². The molecule has 0 saturated heterocycles. The van der Waals surface area contributed by atoms with Crippen molar-refractivity contribution in [2.75, 3.05) is 6.67 Å². The lowest BCUT2D eigenvalue weighted by Gasteiger charge is -1.85. The van der Waals surface area contributed by atoms with Crippen molar-refractivity contribution < 1.29 is 13.7 Å². The monoisotopic (exact) mass is 109 g/mol. The molecule has 0 aromatic rings. The van der Waals surface area contributed by atoms with Crippen LogP contribution >= 0.6 is 0 Å². The van der Waals surface area contributed by atoms with Gasteiger partial charge in [-0.05, 0) is 0 Å². The van der Waals surface area contributed by atoms with Crippen molar-refractivity contribution in [2.45, 2.75) is 6.42 Å². The van der Waals surface area contributed by atoms with Crippen LogP contribution in [0.2, 0.25) is 0 Å². The Morgan fingerprint density at radius 2 is 2.29 bits per heavy atom. The molecular formula is C3H5F2NO. The number of rotatable bonds is 2. The summed E-state index contributed by atoms with van der Waals surface area (Å²) in [5.41, 5.74) is 0.787. The number of carbonyl (C=O) groups excluding carboxylic acids is 1. The zero-order chi connectivity index (χ0) is 5.70. The van der Waals surface area contributed by atoms with Gasteiger partial charge in [-0.25, -0.2) is 0 Å². The molecule has 2 nitrogen and oxygen atoms in total. The number of halogens is 2. The van der Waals surface area contributed by atoms with E-state index in [4.69, 9.17) is 0 Å². The maximum Gasteiger partial charge on any atom is 0.250 e. The Bertz CT molecular complexity index is 66.0. The Kier molecular flexibility index (Phi) is 3.18. The smallest absolute Gasteiger partial charge is 0.250 e. The van der Waals surface area contributed by atoms with Gasteiger partial charge in [0, 0.05) is 0 Å². The third-order valence-electron chi connectivity index (χ3n) is 0.427. The average Bonchev–Trinajstić information content (AvgIpc) is 1.68. The molecule has 0 unspecified atom stereocenters. The molecule has 7 heavy (non-hydrogen) atoms. The summed E-state index contributed by atoms with van der Waals surface area (Å²) in [6, 6.07) is 0. The second-order valence-electron chi connectivity index (χ2n) is 0.957. The summed E-state index contributed by atoms with van der Waals surface area (Å²) in [6.07, 6.45) is -0.392. The van der Waals surface area contributed by atoms with Gasteiger partial charge in [-0.1, -0.05) is 0 Å². The molecule has 4 heteroatoms. The minimum absolute atomic E-state index is 0.392. The van der Waals surface area contributed by atoms with E-state index in [0.717, 1.165) is 5.54 Å². The Morgan fingerprint density at radius 1 is 1.71 bits per heavy atom. The molecule has 0 heterocycles. The zero-order valence-electron chi connectivity index (χ0n) is 3.58. The average molecular weight is 109 g/mol. The highest BCUT2D eigenvalue weighted by Gasteiger charge is 1.95. The van der Waals surface area contributed by atoms with Gasteiger partial charge in [-0.2, -0.15) is 5.54 Å². The van der Waals surface area contributed by atoms with Crippen molar-refractivity contribution in [2.24, 2.45) is 0 Å². The first-order chi connectivity index (χ1) is 3.31. The minimum atomic E-state index is -0.914. The summed E-state index contributed by atoms with van der Waals surface area (Å²) in [7, 11) is 0. The number of hydrogen-bond donors (Lipinski definition) is 1. The quantitative estimate of drug-likeness (QED) is 0.509. The predicted molar refractivity (Wildman–Crippen MR) is 19.8 cm³/mol. The molecule has 0 fully saturated rings. The molecule has 0 aromatic carbocycles. The van der Waals surface area contributed by atoms with Crippen molar-refractivity contribution in [3.63, 3.8) is 0 Å². The van der Waals surface area contributed by atoms with Gasteiger partial charge in [0.05, 0.1) is 13.1 Å². The summed E-state index contributed by atoms with van der Waals surface area (Å²) in [5.74, 6) is -0.914. The predicted octanol–water partition coefficient (Wildman–Crippen LogP) is 0.347. The molecule has 0 bridgehead atoms. The SMILES string of the molecule is O=C(CCF)NF. The molecule has 42 valence electrons. The van der Waals surface area contributed by atoms with Gasteiger partial charge in [0.1, 0.15) is 0 Å². The van der Waals surface area contributed by atoms with E-state index >= 15 is 0 Å². The third-order valence-corrected chi connectivity index (χ3v) is 0.427. The fourth-order valence-electron chi connectivity index (χ4n) is 0.133. The van der Waals surface area contributed by atoms with E-state index in [1.54, 1.807) is 0 Å². The Hall–Kier alpha value is -0.670. The lowest BCUT2D eigenvalue weighted by Crippen LogP contribution is -2.13. The topological polar surface area (TPSA) is 29.1 Å². The van der Waals surface area contributed by atoms with Gasteiger partial charge in [0.25, 0.3) is 0 Å². The first-order valence-corrected chi connectivity index (χ1v) is 1.76. The largest absolute Gasteiger partial charge is 0.272 e. The first-order valence-electron chi connectivity index (χ1n) is 1.76. The Morgan fingerprint density at radius 3 is 2.43 bits per heavy atom. The lowest BCUT2D eigenvalue weighted by atomic mass is 10.5. The van der Waals surface area contributed by atoms with Crippen LogP contribution in [0, 0.1) is 0 Å². The molecule has 0 rings (SSSR count). The van der Waals surface area contributed by atoms with Crippen LogP contribution in [0.25, 0.3) is 0 Å². The van der Waals surface area contributed by atoms with Gasteiger partial charge >= 0.3 is 0 Å². The fourth-order valence-corrected chi connectivity index (χ4v) is 0.133. The molecular weight excluding hydrogens is 104 g/mol. The number of nitrogens with one attached hydrogen (secondary N) is 1. The van der Waals surface area contributed by atoms with Gasteiger partial charge in [-0.15, -0.1) is 4.48 Å². The first kappa shape index (κ1) is 6.33. The van der Waals surface area contributed by atoms with Crippen molar-refractivity contribution in [3.8, 4) is 0 Å². The molecule has 1 N–H and O–H groups in total. The molecule has 0 radical (unpaired) electrons. The van der Waals surface area contributed by atoms with Crippen molar-refractivity contribution in [1.82, 2.24) is 5.54 Å². The number of carbonyl (C=O) groups is 1. The molecule has 0 aromatic heterocycles. The summed E-state index contributed by atoms with van der Waals surface area (Å²) in [5, 5.41) is 0. The van der Waals surface area contributed by atoms with Crippen LogP contribution in [0.5, 0.6) is 0 Å². The minimum Gasteiger partial charge on any atom is -0.272 e. The second-order valence-corrected chi connectivity index (χ2v) is 0.957. The summed E-state index contributed by atoms with van der Waals surface area (Å²) in [6.45, 7) is -0.810. The second kappa shape index (κ2) is 3.52. The van der Waals surface area contributed by atoms with Crippen molar-refractivity contribution in [3.05, 3.63) is 0 Å². The zero-order valence-corrected chi connectivity index (χ0v) is 3.58. The summed E-state index contributed by atoms with van der Waals surface area (Å²) in [4.78, 5) is 9.69. The molecule has 0 atom stereocenters. The van der Waals surface area contributed by atoms with Gasteiger partial charge in [0.2, 0.25) is 5.91 Å². The Labute approximate surface area is 39.4 Å². The van der Waals surface area contributed by atoms with Gasteiger partial charge in [0.15, 0.2) is 0 Å². The van der Waals surface area contributed by atoms with Crippen LogP contribution in [0.1, 0.15) is 6.42 Å². The number of alkyl halides is 1. The molecule has 0 saturated carbocycles. The molecule has 0 aliphatic carbocycles. The van der Waals surface area contributed by atoms with E-state index in [-0.39, 0.29) is 0 Å². The van der Waals surface area contributed by atoms with Crippen LogP contribution in [-0.2, 0) is 4.79 Å². The highest BCUT2D eigenvalue weighted by Crippen LogP contribution is 1.78. The fraction of sp³-hybridized carbons (Fsp3) is 0.667. The van der Waals surface area contributed by atoms with E-state index < -0.39 is 19.0 Å². The number of amides is 1. The third kappa shape index (κ3) is 3.15.